The van der Waals surface area contributed by atoms with Gasteiger partial charge in [0.25, 0.3) is 0 Å². The lowest BCUT2D eigenvalue weighted by atomic mass is 10.0. The van der Waals surface area contributed by atoms with Crippen LogP contribution < -0.4 is 33.2 Å². The van der Waals surface area contributed by atoms with Crippen molar-refractivity contribution in [1.82, 2.24) is 16.0 Å². The van der Waals surface area contributed by atoms with Gasteiger partial charge in [-0.1, -0.05) is 13.8 Å². The first kappa shape index (κ1) is 24.8. The highest BCUT2D eigenvalue weighted by Crippen LogP contribution is 2.05. The van der Waals surface area contributed by atoms with Crippen molar-refractivity contribution in [3.05, 3.63) is 0 Å². The standard InChI is InChI=1S/C15H26N6O7/c1-6(2)12(21-13(26)7(16)3-9(17)22)15(28)20-8(4-10(18)23)14(27)19-5-11(24)25/h6-8,12H,3-5,16H2,1-2H3,(H2,17,22)(H2,18,23)(H,19,27)(H,20,28)(H,21,26)(H,24,25). The predicted molar refractivity (Wildman–Crippen MR) is 94.9 cm³/mol. The zero-order chi connectivity index (χ0) is 22.0. The van der Waals surface area contributed by atoms with Gasteiger partial charge in [0.05, 0.1) is 18.9 Å². The summed E-state index contributed by atoms with van der Waals surface area (Å²) in [6.07, 6.45) is -1.02. The first-order valence-electron chi connectivity index (χ1n) is 8.27. The molecule has 3 unspecified atom stereocenters. The first-order chi connectivity index (χ1) is 12.8. The SMILES string of the molecule is CC(C)C(NC(=O)C(N)CC(N)=O)C(=O)NC(CC(N)=O)C(=O)NCC(=O)O. The average Bonchev–Trinajstić information content (AvgIpc) is 2.54. The zero-order valence-corrected chi connectivity index (χ0v) is 15.6. The van der Waals surface area contributed by atoms with E-state index in [9.17, 15) is 28.8 Å². The smallest absolute Gasteiger partial charge is 0.322 e. The Hall–Kier alpha value is -3.22. The Labute approximate surface area is 160 Å². The Bertz CT molecular complexity index is 636. The normalized spacial score (nSPS) is 13.7. The van der Waals surface area contributed by atoms with Crippen LogP contribution in [0.1, 0.15) is 26.7 Å². The third kappa shape index (κ3) is 9.47. The molecule has 0 aromatic carbocycles. The molecule has 0 bridgehead atoms. The lowest BCUT2D eigenvalue weighted by Crippen LogP contribution is -2.58. The van der Waals surface area contributed by atoms with Crippen LogP contribution in [0.5, 0.6) is 0 Å². The molecule has 0 aromatic heterocycles. The number of primary amides is 2. The Morgan fingerprint density at radius 3 is 1.82 bits per heavy atom. The summed E-state index contributed by atoms with van der Waals surface area (Å²) in [5, 5.41) is 15.2. The van der Waals surface area contributed by atoms with Gasteiger partial charge in [-0.15, -0.1) is 0 Å². The molecule has 0 rings (SSSR count). The number of carboxylic acid groups (broad SMARTS) is 1. The van der Waals surface area contributed by atoms with E-state index < -0.39 is 78.9 Å². The molecule has 158 valence electrons. The minimum atomic E-state index is -1.44. The van der Waals surface area contributed by atoms with Crippen molar-refractivity contribution in [2.75, 3.05) is 6.54 Å². The molecule has 0 saturated heterocycles. The molecule has 0 aliphatic rings. The van der Waals surface area contributed by atoms with Crippen LogP contribution in [-0.2, 0) is 28.8 Å². The van der Waals surface area contributed by atoms with E-state index in [1.165, 1.54) is 0 Å². The molecule has 3 atom stereocenters. The van der Waals surface area contributed by atoms with Crippen LogP contribution in [0.4, 0.5) is 0 Å². The van der Waals surface area contributed by atoms with Crippen molar-refractivity contribution in [2.24, 2.45) is 23.1 Å². The van der Waals surface area contributed by atoms with E-state index >= 15 is 0 Å². The Morgan fingerprint density at radius 2 is 1.39 bits per heavy atom. The number of carboxylic acids is 1. The molecule has 0 saturated carbocycles. The van der Waals surface area contributed by atoms with Gasteiger partial charge >= 0.3 is 5.97 Å². The van der Waals surface area contributed by atoms with Crippen molar-refractivity contribution < 1.29 is 33.9 Å². The van der Waals surface area contributed by atoms with Crippen LogP contribution in [0.3, 0.4) is 0 Å². The number of carbonyl (C=O) groups excluding carboxylic acids is 5. The topological polar surface area (TPSA) is 237 Å². The molecular formula is C15H26N6O7. The monoisotopic (exact) mass is 402 g/mol. The maximum absolute atomic E-state index is 12.5. The molecule has 13 heteroatoms. The Kier molecular flexibility index (Phi) is 10.2. The number of nitrogens with two attached hydrogens (primary N) is 3. The number of amides is 5. The number of hydrogen-bond acceptors (Lipinski definition) is 7. The van der Waals surface area contributed by atoms with E-state index in [1.54, 1.807) is 13.8 Å². The van der Waals surface area contributed by atoms with Gasteiger partial charge in [-0.2, -0.15) is 0 Å². The van der Waals surface area contributed by atoms with Gasteiger partial charge < -0.3 is 38.3 Å². The molecule has 0 aliphatic carbocycles. The predicted octanol–water partition coefficient (Wildman–Crippen LogP) is -4.11. The lowest BCUT2D eigenvalue weighted by Gasteiger charge is -2.25. The highest BCUT2D eigenvalue weighted by molar-refractivity contribution is 5.96. The van der Waals surface area contributed by atoms with Gasteiger partial charge in [0.1, 0.15) is 18.6 Å². The number of nitrogens with one attached hydrogen (secondary N) is 3. The van der Waals surface area contributed by atoms with Crippen molar-refractivity contribution in [2.45, 2.75) is 44.8 Å². The summed E-state index contributed by atoms with van der Waals surface area (Å²) >= 11 is 0. The van der Waals surface area contributed by atoms with E-state index in [4.69, 9.17) is 22.3 Å². The molecule has 13 nitrogen and oxygen atoms in total. The third-order valence-corrected chi connectivity index (χ3v) is 3.46. The fourth-order valence-electron chi connectivity index (χ4n) is 2.06. The Balaban J connectivity index is 5.20. The molecule has 0 aliphatic heterocycles. The van der Waals surface area contributed by atoms with Gasteiger partial charge in [0.15, 0.2) is 0 Å². The van der Waals surface area contributed by atoms with Crippen LogP contribution in [0.2, 0.25) is 0 Å². The number of aliphatic carboxylic acids is 1. The van der Waals surface area contributed by atoms with E-state index in [2.05, 4.69) is 10.6 Å². The van der Waals surface area contributed by atoms with E-state index in [-0.39, 0.29) is 0 Å². The molecular weight excluding hydrogens is 376 g/mol. The molecule has 5 amide bonds. The van der Waals surface area contributed by atoms with Gasteiger partial charge in [-0.05, 0) is 5.92 Å². The molecule has 10 N–H and O–H groups in total. The summed E-state index contributed by atoms with van der Waals surface area (Å²) in [6, 6.07) is -3.87. The summed E-state index contributed by atoms with van der Waals surface area (Å²) in [7, 11) is 0. The van der Waals surface area contributed by atoms with Crippen LogP contribution in [0, 0.1) is 5.92 Å². The second-order valence-corrected chi connectivity index (χ2v) is 6.35. The van der Waals surface area contributed by atoms with Crippen molar-refractivity contribution in [3.63, 3.8) is 0 Å². The minimum absolute atomic E-state index is 0.430. The van der Waals surface area contributed by atoms with Gasteiger partial charge in [-0.25, -0.2) is 0 Å². The quantitative estimate of drug-likeness (QED) is 0.169. The summed E-state index contributed by atoms with van der Waals surface area (Å²) in [5.74, 6) is -6.07. The highest BCUT2D eigenvalue weighted by atomic mass is 16.4. The summed E-state index contributed by atoms with van der Waals surface area (Å²) in [4.78, 5) is 69.1. The van der Waals surface area contributed by atoms with Gasteiger partial charge in [0, 0.05) is 0 Å². The molecule has 0 heterocycles. The molecule has 0 spiro atoms. The molecule has 0 fully saturated rings. The molecule has 0 radical (unpaired) electrons. The number of hydrogen-bond donors (Lipinski definition) is 7. The Morgan fingerprint density at radius 1 is 0.857 bits per heavy atom. The molecule has 0 aromatic rings. The minimum Gasteiger partial charge on any atom is -0.480 e. The summed E-state index contributed by atoms with van der Waals surface area (Å²) in [5.41, 5.74) is 15.5. The van der Waals surface area contributed by atoms with Crippen LogP contribution in [0.15, 0.2) is 0 Å². The fraction of sp³-hybridized carbons (Fsp3) is 0.600. The zero-order valence-electron chi connectivity index (χ0n) is 15.6. The van der Waals surface area contributed by atoms with Crippen LogP contribution in [-0.4, -0.2) is 65.3 Å². The average molecular weight is 402 g/mol. The summed E-state index contributed by atoms with van der Waals surface area (Å²) in [6.45, 7) is 2.46. The largest absolute Gasteiger partial charge is 0.480 e. The van der Waals surface area contributed by atoms with Gasteiger partial charge in [-0.3, -0.25) is 28.8 Å². The van der Waals surface area contributed by atoms with Crippen LogP contribution in [0.25, 0.3) is 0 Å². The van der Waals surface area contributed by atoms with Crippen molar-refractivity contribution in [3.8, 4) is 0 Å². The maximum atomic E-state index is 12.5. The highest BCUT2D eigenvalue weighted by Gasteiger charge is 2.31. The maximum Gasteiger partial charge on any atom is 0.322 e. The summed E-state index contributed by atoms with van der Waals surface area (Å²) < 4.78 is 0. The van der Waals surface area contributed by atoms with E-state index in [1.807, 2.05) is 5.32 Å². The third-order valence-electron chi connectivity index (χ3n) is 3.46. The number of rotatable bonds is 12. The van der Waals surface area contributed by atoms with E-state index in [0.717, 1.165) is 0 Å². The molecule has 28 heavy (non-hydrogen) atoms. The van der Waals surface area contributed by atoms with E-state index in [0.29, 0.717) is 0 Å². The fourth-order valence-corrected chi connectivity index (χ4v) is 2.06. The van der Waals surface area contributed by atoms with Crippen molar-refractivity contribution >= 4 is 35.5 Å². The lowest BCUT2D eigenvalue weighted by molar-refractivity contribution is -0.139. The number of carbonyl (C=O) groups is 6. The van der Waals surface area contributed by atoms with Gasteiger partial charge in [0.2, 0.25) is 29.5 Å². The second kappa shape index (κ2) is 11.5. The first-order valence-corrected chi connectivity index (χ1v) is 8.27. The second-order valence-electron chi connectivity index (χ2n) is 6.35. The van der Waals surface area contributed by atoms with Crippen LogP contribution >= 0.6 is 0 Å². The van der Waals surface area contributed by atoms with Crippen molar-refractivity contribution in [1.29, 1.82) is 0 Å².